The average Bonchev–Trinajstić information content (AvgIpc) is 2.20. The summed E-state index contributed by atoms with van der Waals surface area (Å²) in [5, 5.41) is 0. The van der Waals surface area contributed by atoms with E-state index < -0.39 is 0 Å². The van der Waals surface area contributed by atoms with E-state index in [1.807, 2.05) is 0 Å². The highest BCUT2D eigenvalue weighted by atomic mass is 32.1. The van der Waals surface area contributed by atoms with Gasteiger partial charge in [-0.1, -0.05) is 13.8 Å². The molecule has 0 N–H and O–H groups in total. The first-order chi connectivity index (χ1) is 7.22. The van der Waals surface area contributed by atoms with Crippen LogP contribution in [-0.2, 0) is 4.74 Å². The van der Waals surface area contributed by atoms with Crippen molar-refractivity contribution in [3.05, 3.63) is 0 Å². The number of likely N-dealkylation sites (tertiary alicyclic amines) is 1. The van der Waals surface area contributed by atoms with E-state index in [0.29, 0.717) is 6.10 Å². The second-order valence-electron chi connectivity index (χ2n) is 4.84. The molecule has 1 heterocycles. The summed E-state index contributed by atoms with van der Waals surface area (Å²) in [5.41, 5.74) is 0. The molecule has 0 aromatic heterocycles. The first-order valence-corrected chi connectivity index (χ1v) is 6.80. The summed E-state index contributed by atoms with van der Waals surface area (Å²) in [6.45, 7) is 9.12. The third kappa shape index (κ3) is 5.79. The second kappa shape index (κ2) is 7.53. The lowest BCUT2D eigenvalue weighted by Gasteiger charge is -2.32. The Hall–Kier alpha value is 0.270. The number of piperidine rings is 1. The Morgan fingerprint density at radius 3 is 2.53 bits per heavy atom. The van der Waals surface area contributed by atoms with E-state index in [4.69, 9.17) is 4.74 Å². The maximum absolute atomic E-state index is 5.80. The molecule has 0 saturated carbocycles. The van der Waals surface area contributed by atoms with Crippen LogP contribution in [0.25, 0.3) is 0 Å². The molecule has 1 rings (SSSR count). The van der Waals surface area contributed by atoms with E-state index in [1.165, 1.54) is 32.5 Å². The summed E-state index contributed by atoms with van der Waals surface area (Å²) in [4.78, 5) is 2.56. The highest BCUT2D eigenvalue weighted by Gasteiger charge is 2.19. The molecule has 0 radical (unpaired) electrons. The molecule has 0 aromatic rings. The fourth-order valence-corrected chi connectivity index (χ4v) is 2.22. The van der Waals surface area contributed by atoms with Crippen molar-refractivity contribution in [2.75, 3.05) is 32.0 Å². The van der Waals surface area contributed by atoms with Crippen molar-refractivity contribution in [3.8, 4) is 0 Å². The van der Waals surface area contributed by atoms with Crippen LogP contribution < -0.4 is 0 Å². The van der Waals surface area contributed by atoms with Crippen LogP contribution in [0.1, 0.15) is 33.1 Å². The first kappa shape index (κ1) is 13.3. The molecule has 0 aliphatic carbocycles. The summed E-state index contributed by atoms with van der Waals surface area (Å²) in [6, 6.07) is 0. The zero-order chi connectivity index (χ0) is 11.1. The molecule has 0 aromatic carbocycles. The minimum absolute atomic E-state index is 0.508. The van der Waals surface area contributed by atoms with Gasteiger partial charge in [0.05, 0.1) is 6.10 Å². The van der Waals surface area contributed by atoms with Gasteiger partial charge >= 0.3 is 0 Å². The normalized spacial score (nSPS) is 20.0. The van der Waals surface area contributed by atoms with Crippen molar-refractivity contribution in [2.24, 2.45) is 5.92 Å². The highest BCUT2D eigenvalue weighted by Crippen LogP contribution is 2.15. The fraction of sp³-hybridized carbons (Fsp3) is 1.00. The van der Waals surface area contributed by atoms with E-state index >= 15 is 0 Å². The molecule has 0 unspecified atom stereocenters. The van der Waals surface area contributed by atoms with Crippen LogP contribution in [0.4, 0.5) is 0 Å². The molecule has 0 spiro atoms. The Morgan fingerprint density at radius 1 is 1.33 bits per heavy atom. The number of hydrogen-bond acceptors (Lipinski definition) is 3. The van der Waals surface area contributed by atoms with Crippen LogP contribution in [0.2, 0.25) is 0 Å². The Balaban J connectivity index is 2.07. The van der Waals surface area contributed by atoms with E-state index in [1.54, 1.807) is 0 Å². The Kier molecular flexibility index (Phi) is 6.69. The van der Waals surface area contributed by atoms with Crippen molar-refractivity contribution in [2.45, 2.75) is 39.2 Å². The van der Waals surface area contributed by atoms with Crippen molar-refractivity contribution in [3.63, 3.8) is 0 Å². The molecular formula is C12H25NOS. The van der Waals surface area contributed by atoms with Crippen molar-refractivity contribution >= 4 is 12.6 Å². The molecule has 0 amide bonds. The number of thiol groups is 1. The van der Waals surface area contributed by atoms with Gasteiger partial charge in [-0.25, -0.2) is 0 Å². The van der Waals surface area contributed by atoms with Gasteiger partial charge in [0.1, 0.15) is 0 Å². The smallest absolute Gasteiger partial charge is 0.0599 e. The van der Waals surface area contributed by atoms with Crippen molar-refractivity contribution in [1.82, 2.24) is 4.90 Å². The van der Waals surface area contributed by atoms with E-state index in [2.05, 4.69) is 31.4 Å². The van der Waals surface area contributed by atoms with Gasteiger partial charge in [-0.2, -0.15) is 12.6 Å². The summed E-state index contributed by atoms with van der Waals surface area (Å²) in [5.74, 6) is 1.72. The van der Waals surface area contributed by atoms with E-state index in [0.717, 1.165) is 24.7 Å². The van der Waals surface area contributed by atoms with Gasteiger partial charge in [-0.05, 0) is 30.9 Å². The molecule has 0 atom stereocenters. The largest absolute Gasteiger partial charge is 0.378 e. The lowest BCUT2D eigenvalue weighted by Crippen LogP contribution is -2.39. The zero-order valence-electron chi connectivity index (χ0n) is 10.1. The molecule has 1 aliphatic heterocycles. The number of hydrogen-bond donors (Lipinski definition) is 1. The molecule has 1 saturated heterocycles. The van der Waals surface area contributed by atoms with Crippen LogP contribution in [0, 0.1) is 5.92 Å². The van der Waals surface area contributed by atoms with Crippen LogP contribution in [-0.4, -0.2) is 43.0 Å². The highest BCUT2D eigenvalue weighted by molar-refractivity contribution is 7.80. The minimum Gasteiger partial charge on any atom is -0.378 e. The van der Waals surface area contributed by atoms with Crippen LogP contribution in [0.3, 0.4) is 0 Å². The summed E-state index contributed by atoms with van der Waals surface area (Å²) in [7, 11) is 0. The molecule has 3 heteroatoms. The number of nitrogens with zero attached hydrogens (tertiary/aromatic N) is 1. The number of ether oxygens (including phenoxy) is 1. The van der Waals surface area contributed by atoms with Gasteiger partial charge in [0, 0.05) is 26.2 Å². The van der Waals surface area contributed by atoms with Crippen LogP contribution in [0.15, 0.2) is 0 Å². The minimum atomic E-state index is 0.508. The molecule has 90 valence electrons. The van der Waals surface area contributed by atoms with Crippen molar-refractivity contribution < 1.29 is 4.74 Å². The molecule has 1 fully saturated rings. The SMILES string of the molecule is CC(C)CN1CCC(OCCCS)CC1. The Labute approximate surface area is 99.8 Å². The standard InChI is InChI=1S/C12H25NOS/c1-11(2)10-13-6-4-12(5-7-13)14-8-3-9-15/h11-12,15H,3-10H2,1-2H3. The molecule has 15 heavy (non-hydrogen) atoms. The third-order valence-electron chi connectivity index (χ3n) is 2.81. The van der Waals surface area contributed by atoms with Crippen LogP contribution in [0.5, 0.6) is 0 Å². The third-order valence-corrected chi connectivity index (χ3v) is 3.13. The fourth-order valence-electron chi connectivity index (χ4n) is 2.09. The van der Waals surface area contributed by atoms with Gasteiger partial charge in [-0.3, -0.25) is 0 Å². The predicted octanol–water partition coefficient (Wildman–Crippen LogP) is 2.44. The maximum Gasteiger partial charge on any atom is 0.0599 e. The molecule has 0 bridgehead atoms. The average molecular weight is 231 g/mol. The first-order valence-electron chi connectivity index (χ1n) is 6.17. The van der Waals surface area contributed by atoms with E-state index in [9.17, 15) is 0 Å². The van der Waals surface area contributed by atoms with E-state index in [-0.39, 0.29) is 0 Å². The zero-order valence-corrected chi connectivity index (χ0v) is 11.0. The van der Waals surface area contributed by atoms with Gasteiger partial charge in [0.25, 0.3) is 0 Å². The molecular weight excluding hydrogens is 206 g/mol. The monoisotopic (exact) mass is 231 g/mol. The molecule has 1 aliphatic rings. The lowest BCUT2D eigenvalue weighted by atomic mass is 10.1. The number of rotatable bonds is 6. The second-order valence-corrected chi connectivity index (χ2v) is 5.29. The quantitative estimate of drug-likeness (QED) is 0.557. The van der Waals surface area contributed by atoms with Gasteiger partial charge in [0.15, 0.2) is 0 Å². The topological polar surface area (TPSA) is 12.5 Å². The predicted molar refractivity (Wildman–Crippen MR) is 68.7 cm³/mol. The maximum atomic E-state index is 5.80. The summed E-state index contributed by atoms with van der Waals surface area (Å²) >= 11 is 4.18. The Morgan fingerprint density at radius 2 is 2.00 bits per heavy atom. The summed E-state index contributed by atoms with van der Waals surface area (Å²) < 4.78 is 5.80. The van der Waals surface area contributed by atoms with Gasteiger partial charge < -0.3 is 9.64 Å². The van der Waals surface area contributed by atoms with Gasteiger partial charge in [0.2, 0.25) is 0 Å². The van der Waals surface area contributed by atoms with Gasteiger partial charge in [-0.15, -0.1) is 0 Å². The lowest BCUT2D eigenvalue weighted by molar-refractivity contribution is 0.00620. The Bertz CT molecular complexity index is 156. The van der Waals surface area contributed by atoms with Crippen LogP contribution >= 0.6 is 12.6 Å². The van der Waals surface area contributed by atoms with Crippen molar-refractivity contribution in [1.29, 1.82) is 0 Å². The molecule has 2 nitrogen and oxygen atoms in total. The summed E-state index contributed by atoms with van der Waals surface area (Å²) in [6.07, 6.45) is 4.00.